The van der Waals surface area contributed by atoms with Gasteiger partial charge in [-0.3, -0.25) is 10.1 Å². The minimum atomic E-state index is -4.70. The molecule has 1 fully saturated rings. The highest BCUT2D eigenvalue weighted by molar-refractivity contribution is 7.92. The van der Waals surface area contributed by atoms with E-state index in [1.165, 1.54) is 15.3 Å². The van der Waals surface area contributed by atoms with Crippen molar-refractivity contribution in [1.82, 2.24) is 4.31 Å². The maximum absolute atomic E-state index is 12.9. The predicted molar refractivity (Wildman–Crippen MR) is 111 cm³/mol. The van der Waals surface area contributed by atoms with Crippen LogP contribution in [0.3, 0.4) is 0 Å². The fourth-order valence-corrected chi connectivity index (χ4v) is 4.42. The normalized spacial score (nSPS) is 16.1. The summed E-state index contributed by atoms with van der Waals surface area (Å²) in [7, 11) is -3.74. The van der Waals surface area contributed by atoms with Crippen molar-refractivity contribution in [3.63, 3.8) is 0 Å². The van der Waals surface area contributed by atoms with Gasteiger partial charge >= 0.3 is 6.18 Å². The van der Waals surface area contributed by atoms with Crippen LogP contribution in [0.1, 0.15) is 11.1 Å². The van der Waals surface area contributed by atoms with Crippen molar-refractivity contribution in [3.8, 4) is 0 Å². The summed E-state index contributed by atoms with van der Waals surface area (Å²) in [4.78, 5) is 11.9. The molecule has 0 saturated carbocycles. The lowest BCUT2D eigenvalue weighted by Crippen LogP contribution is -2.48. The van der Waals surface area contributed by atoms with Crippen molar-refractivity contribution in [3.05, 3.63) is 74.1 Å². The number of nitrogens with zero attached hydrogens (tertiary/aromatic N) is 3. The molecule has 1 heterocycles. The molecule has 2 aromatic carbocycles. The molecule has 0 bridgehead atoms. The Labute approximate surface area is 181 Å². The van der Waals surface area contributed by atoms with Crippen LogP contribution < -0.4 is 4.90 Å². The summed E-state index contributed by atoms with van der Waals surface area (Å²) in [5, 5.41) is 12.9. The first-order valence-electron chi connectivity index (χ1n) is 9.02. The summed E-state index contributed by atoms with van der Waals surface area (Å²) < 4.78 is 65.0. The van der Waals surface area contributed by atoms with Crippen molar-refractivity contribution < 1.29 is 26.5 Å². The fraction of sp³-hybridized carbons (Fsp3) is 0.263. The first-order valence-corrected chi connectivity index (χ1v) is 10.9. The Morgan fingerprint density at radius 1 is 1.03 bits per heavy atom. The molecule has 0 atom stereocenters. The second-order valence-corrected chi connectivity index (χ2v) is 9.00. The van der Waals surface area contributed by atoms with Crippen molar-refractivity contribution in [2.24, 2.45) is 0 Å². The fourth-order valence-electron chi connectivity index (χ4n) is 3.12. The zero-order chi connectivity index (χ0) is 22.8. The van der Waals surface area contributed by atoms with E-state index >= 15 is 0 Å². The van der Waals surface area contributed by atoms with E-state index in [0.717, 1.165) is 17.5 Å². The molecule has 0 radical (unpaired) electrons. The highest BCUT2D eigenvalue weighted by Gasteiger charge is 2.34. The Hall–Kier alpha value is -2.63. The van der Waals surface area contributed by atoms with Gasteiger partial charge in [0.15, 0.2) is 0 Å². The number of alkyl halides is 3. The number of rotatable bonds is 5. The lowest BCUT2D eigenvalue weighted by molar-refractivity contribution is -0.384. The lowest BCUT2D eigenvalue weighted by atomic mass is 10.1. The standard InChI is InChI=1S/C19H17ClF3N3O4S/c20-16-4-1-14(2-5-16)7-12-31(29,30)25-10-8-24(9-11-25)17-6-3-15(19(21,22)23)13-18(17)26(27)28/h1-7,12-13H,8-11H2/b12-7+. The zero-order valence-corrected chi connectivity index (χ0v) is 17.5. The zero-order valence-electron chi connectivity index (χ0n) is 15.9. The van der Waals surface area contributed by atoms with E-state index in [2.05, 4.69) is 0 Å². The first kappa shape index (κ1) is 23.0. The highest BCUT2D eigenvalue weighted by atomic mass is 35.5. The minimum absolute atomic E-state index is 0.0201. The van der Waals surface area contributed by atoms with Gasteiger partial charge in [0, 0.05) is 42.7 Å². The van der Waals surface area contributed by atoms with Crippen molar-refractivity contribution in [1.29, 1.82) is 0 Å². The molecule has 12 heteroatoms. The minimum Gasteiger partial charge on any atom is -0.363 e. The van der Waals surface area contributed by atoms with E-state index in [1.54, 1.807) is 24.3 Å². The number of halogens is 4. The number of nitro groups is 1. The largest absolute Gasteiger partial charge is 0.416 e. The van der Waals surface area contributed by atoms with E-state index in [1.807, 2.05) is 0 Å². The van der Waals surface area contributed by atoms with Crippen LogP contribution >= 0.6 is 11.6 Å². The second-order valence-electron chi connectivity index (χ2n) is 6.74. The molecular weight excluding hydrogens is 459 g/mol. The molecule has 0 aromatic heterocycles. The molecule has 1 aliphatic heterocycles. The molecule has 31 heavy (non-hydrogen) atoms. The number of benzene rings is 2. The van der Waals surface area contributed by atoms with Gasteiger partial charge in [0.2, 0.25) is 10.0 Å². The smallest absolute Gasteiger partial charge is 0.363 e. The topological polar surface area (TPSA) is 83.8 Å². The molecule has 0 aliphatic carbocycles. The molecule has 0 amide bonds. The number of piperazine rings is 1. The Morgan fingerprint density at radius 2 is 1.65 bits per heavy atom. The average molecular weight is 476 g/mol. The molecule has 1 aliphatic rings. The van der Waals surface area contributed by atoms with Gasteiger partial charge < -0.3 is 4.90 Å². The quantitative estimate of drug-likeness (QED) is 0.473. The number of sulfonamides is 1. The Morgan fingerprint density at radius 3 is 2.19 bits per heavy atom. The third-order valence-corrected chi connectivity index (χ3v) is 6.56. The van der Waals surface area contributed by atoms with Crippen LogP contribution in [0, 0.1) is 10.1 Å². The number of nitro benzene ring substituents is 1. The maximum atomic E-state index is 12.9. The average Bonchev–Trinajstić information content (AvgIpc) is 2.72. The molecule has 3 rings (SSSR count). The Bertz CT molecular complexity index is 1100. The molecule has 2 aromatic rings. The van der Waals surface area contributed by atoms with E-state index in [4.69, 9.17) is 11.6 Å². The summed E-state index contributed by atoms with van der Waals surface area (Å²) in [6.45, 7) is 0.261. The van der Waals surface area contributed by atoms with Crippen LogP contribution in [0.15, 0.2) is 47.9 Å². The van der Waals surface area contributed by atoms with Crippen LogP contribution in [-0.2, 0) is 16.2 Å². The molecule has 0 unspecified atom stereocenters. The van der Waals surface area contributed by atoms with Crippen LogP contribution in [0.2, 0.25) is 5.02 Å². The molecule has 1 saturated heterocycles. The van der Waals surface area contributed by atoms with Gasteiger partial charge in [0.1, 0.15) is 5.69 Å². The van der Waals surface area contributed by atoms with Crippen LogP contribution in [-0.4, -0.2) is 43.8 Å². The summed E-state index contributed by atoms with van der Waals surface area (Å²) in [5.74, 6) is 0. The van der Waals surface area contributed by atoms with Gasteiger partial charge in [-0.05, 0) is 35.9 Å². The number of anilines is 1. The van der Waals surface area contributed by atoms with E-state index in [0.29, 0.717) is 16.7 Å². The van der Waals surface area contributed by atoms with E-state index in [-0.39, 0.29) is 31.9 Å². The summed E-state index contributed by atoms with van der Waals surface area (Å²) in [6.07, 6.45) is -3.27. The van der Waals surface area contributed by atoms with Crippen molar-refractivity contribution in [2.75, 3.05) is 31.1 Å². The highest BCUT2D eigenvalue weighted by Crippen LogP contribution is 2.36. The number of hydrogen-bond donors (Lipinski definition) is 0. The molecule has 0 N–H and O–H groups in total. The van der Waals surface area contributed by atoms with Crippen LogP contribution in [0.5, 0.6) is 0 Å². The summed E-state index contributed by atoms with van der Waals surface area (Å²) >= 11 is 5.80. The van der Waals surface area contributed by atoms with Crippen molar-refractivity contribution >= 4 is 39.1 Å². The van der Waals surface area contributed by atoms with Gasteiger partial charge in [-0.1, -0.05) is 23.7 Å². The number of hydrogen-bond acceptors (Lipinski definition) is 5. The third-order valence-electron chi connectivity index (χ3n) is 4.74. The lowest BCUT2D eigenvalue weighted by Gasteiger charge is -2.34. The second kappa shape index (κ2) is 8.85. The SMILES string of the molecule is O=[N+]([O-])c1cc(C(F)(F)F)ccc1N1CCN(S(=O)(=O)/C=C/c2ccc(Cl)cc2)CC1. The van der Waals surface area contributed by atoms with Gasteiger partial charge in [-0.2, -0.15) is 17.5 Å². The van der Waals surface area contributed by atoms with Gasteiger partial charge in [0.25, 0.3) is 5.69 Å². The first-order chi connectivity index (χ1) is 14.5. The molecule has 166 valence electrons. The Balaban J connectivity index is 1.73. The van der Waals surface area contributed by atoms with Crippen molar-refractivity contribution in [2.45, 2.75) is 6.18 Å². The van der Waals surface area contributed by atoms with Crippen LogP contribution in [0.25, 0.3) is 6.08 Å². The third kappa shape index (κ3) is 5.54. The predicted octanol–water partition coefficient (Wildman–Crippen LogP) is 4.39. The van der Waals surface area contributed by atoms with E-state index < -0.39 is 32.4 Å². The van der Waals surface area contributed by atoms with Gasteiger partial charge in [-0.15, -0.1) is 0 Å². The Kier molecular flexibility index (Phi) is 6.58. The summed E-state index contributed by atoms with van der Waals surface area (Å²) in [5.41, 5.74) is -1.12. The molecular formula is C19H17ClF3N3O4S. The maximum Gasteiger partial charge on any atom is 0.416 e. The monoisotopic (exact) mass is 475 g/mol. The summed E-state index contributed by atoms with van der Waals surface area (Å²) in [6, 6.07) is 8.90. The molecule has 0 spiro atoms. The van der Waals surface area contributed by atoms with Gasteiger partial charge in [-0.25, -0.2) is 8.42 Å². The van der Waals surface area contributed by atoms with Gasteiger partial charge in [0.05, 0.1) is 10.5 Å². The van der Waals surface area contributed by atoms with E-state index in [9.17, 15) is 31.7 Å². The van der Waals surface area contributed by atoms with Crippen LogP contribution in [0.4, 0.5) is 24.5 Å². The molecule has 7 nitrogen and oxygen atoms in total.